The Morgan fingerprint density at radius 2 is 1.79 bits per heavy atom. The third-order valence-electron chi connectivity index (χ3n) is 2.22. The first-order valence-electron chi connectivity index (χ1n) is 4.23. The Hall–Kier alpha value is -1.74. The van der Waals surface area contributed by atoms with Crippen molar-refractivity contribution in [1.29, 1.82) is 0 Å². The van der Waals surface area contributed by atoms with Gasteiger partial charge in [0.2, 0.25) is 0 Å². The fourth-order valence-electron chi connectivity index (χ4n) is 1.55. The fourth-order valence-corrected chi connectivity index (χ4v) is 1.55. The zero-order valence-electron chi connectivity index (χ0n) is 7.36. The monoisotopic (exact) mass is 188 g/mol. The molecule has 1 aromatic rings. The molecular weight excluding hydrogens is 180 g/mol. The van der Waals surface area contributed by atoms with Gasteiger partial charge in [-0.25, -0.2) is 0 Å². The van der Waals surface area contributed by atoms with Gasteiger partial charge in [-0.05, 0) is 17.7 Å². The summed E-state index contributed by atoms with van der Waals surface area (Å²) >= 11 is 0. The second-order valence-corrected chi connectivity index (χ2v) is 3.06. The first kappa shape index (κ1) is 8.84. The van der Waals surface area contributed by atoms with Crippen LogP contribution in [0.3, 0.4) is 0 Å². The molecule has 0 saturated carbocycles. The molecule has 3 heteroatoms. The van der Waals surface area contributed by atoms with Crippen molar-refractivity contribution >= 4 is 11.6 Å². The van der Waals surface area contributed by atoms with Gasteiger partial charge < -0.3 is 5.11 Å². The Labute approximate surface area is 80.7 Å². The van der Waals surface area contributed by atoms with Crippen LogP contribution in [0.4, 0.5) is 0 Å². The average molecular weight is 188 g/mol. The predicted octanol–water partition coefficient (Wildman–Crippen LogP) is 1.11. The van der Waals surface area contributed by atoms with Gasteiger partial charge in [0.15, 0.2) is 11.6 Å². The van der Waals surface area contributed by atoms with Crippen LogP contribution < -0.4 is 0 Å². The summed E-state index contributed by atoms with van der Waals surface area (Å²) in [7, 11) is 0. The molecule has 0 aliphatic heterocycles. The van der Waals surface area contributed by atoms with Crippen LogP contribution in [0.5, 0.6) is 0 Å². The van der Waals surface area contributed by atoms with Crippen molar-refractivity contribution in [3.8, 4) is 0 Å². The van der Waals surface area contributed by atoms with E-state index in [4.69, 9.17) is 5.11 Å². The maximum atomic E-state index is 11.5. The minimum Gasteiger partial charge on any atom is -0.392 e. The van der Waals surface area contributed by atoms with Crippen molar-refractivity contribution in [2.75, 3.05) is 0 Å². The Kier molecular flexibility index (Phi) is 2.02. The van der Waals surface area contributed by atoms with Crippen molar-refractivity contribution < 1.29 is 14.7 Å². The molecule has 70 valence electrons. The third-order valence-corrected chi connectivity index (χ3v) is 2.22. The van der Waals surface area contributed by atoms with Crippen LogP contribution in [-0.2, 0) is 6.61 Å². The molecule has 1 aliphatic carbocycles. The van der Waals surface area contributed by atoms with Crippen molar-refractivity contribution in [1.82, 2.24) is 0 Å². The Morgan fingerprint density at radius 1 is 1.07 bits per heavy atom. The molecule has 1 N–H and O–H groups in total. The highest BCUT2D eigenvalue weighted by molar-refractivity contribution is 6.22. The lowest BCUT2D eigenvalue weighted by Gasteiger charge is -2.11. The molecule has 0 atom stereocenters. The summed E-state index contributed by atoms with van der Waals surface area (Å²) < 4.78 is 0. The highest BCUT2D eigenvalue weighted by Gasteiger charge is 2.21. The zero-order valence-corrected chi connectivity index (χ0v) is 7.36. The largest absolute Gasteiger partial charge is 0.392 e. The van der Waals surface area contributed by atoms with E-state index in [1.165, 1.54) is 12.2 Å². The summed E-state index contributed by atoms with van der Waals surface area (Å²) in [5.41, 5.74) is 1.22. The second kappa shape index (κ2) is 3.20. The molecule has 14 heavy (non-hydrogen) atoms. The number of allylic oxidation sites excluding steroid dienone is 2. The van der Waals surface area contributed by atoms with Crippen molar-refractivity contribution in [2.24, 2.45) is 0 Å². The number of rotatable bonds is 1. The molecular formula is C11H8O3. The molecule has 0 heterocycles. The van der Waals surface area contributed by atoms with Gasteiger partial charge in [-0.2, -0.15) is 0 Å². The number of benzene rings is 1. The molecule has 2 rings (SSSR count). The van der Waals surface area contributed by atoms with E-state index >= 15 is 0 Å². The van der Waals surface area contributed by atoms with Gasteiger partial charge in [0.1, 0.15) is 0 Å². The zero-order chi connectivity index (χ0) is 10.1. The number of ketones is 2. The summed E-state index contributed by atoms with van der Waals surface area (Å²) in [6.45, 7) is -0.226. The maximum Gasteiger partial charge on any atom is 0.187 e. The van der Waals surface area contributed by atoms with E-state index in [0.29, 0.717) is 16.7 Å². The average Bonchev–Trinajstić information content (AvgIpc) is 2.23. The van der Waals surface area contributed by atoms with Crippen LogP contribution >= 0.6 is 0 Å². The van der Waals surface area contributed by atoms with E-state index in [1.54, 1.807) is 18.2 Å². The smallest absolute Gasteiger partial charge is 0.187 e. The standard InChI is InChI=1S/C11H8O3/c12-6-7-2-1-3-8-9(13)4-5-10(14)11(7)8/h1-5,12H,6H2. The predicted molar refractivity (Wildman–Crippen MR) is 50.2 cm³/mol. The number of aliphatic hydroxyl groups excluding tert-OH is 1. The van der Waals surface area contributed by atoms with Crippen LogP contribution in [0.25, 0.3) is 0 Å². The van der Waals surface area contributed by atoms with E-state index in [9.17, 15) is 9.59 Å². The second-order valence-electron chi connectivity index (χ2n) is 3.06. The molecule has 0 bridgehead atoms. The number of hydrogen-bond donors (Lipinski definition) is 1. The summed E-state index contributed by atoms with van der Waals surface area (Å²) in [6, 6.07) is 4.90. The minimum absolute atomic E-state index is 0.185. The molecule has 3 nitrogen and oxygen atoms in total. The van der Waals surface area contributed by atoms with Gasteiger partial charge in [-0.3, -0.25) is 9.59 Å². The Balaban J connectivity index is 2.71. The summed E-state index contributed by atoms with van der Waals surface area (Å²) in [6.07, 6.45) is 2.50. The number of carbonyl (C=O) groups is 2. The van der Waals surface area contributed by atoms with Crippen LogP contribution in [0, 0.1) is 0 Å². The molecule has 0 aromatic heterocycles. The minimum atomic E-state index is -0.226. The quantitative estimate of drug-likeness (QED) is 0.718. The van der Waals surface area contributed by atoms with Crippen LogP contribution in [-0.4, -0.2) is 16.7 Å². The highest BCUT2D eigenvalue weighted by atomic mass is 16.3. The van der Waals surface area contributed by atoms with E-state index in [-0.39, 0.29) is 18.2 Å². The van der Waals surface area contributed by atoms with Gasteiger partial charge in [0.25, 0.3) is 0 Å². The summed E-state index contributed by atoms with van der Waals surface area (Å²) in [4.78, 5) is 22.8. The SMILES string of the molecule is O=C1C=CC(=O)c2c(CO)cccc21. The number of aliphatic hydroxyl groups is 1. The van der Waals surface area contributed by atoms with E-state index in [2.05, 4.69) is 0 Å². The first-order chi connectivity index (χ1) is 6.74. The third kappa shape index (κ3) is 1.18. The lowest BCUT2D eigenvalue weighted by Crippen LogP contribution is -2.14. The molecule has 0 spiro atoms. The van der Waals surface area contributed by atoms with E-state index in [1.807, 2.05) is 0 Å². The molecule has 0 unspecified atom stereocenters. The fraction of sp³-hybridized carbons (Fsp3) is 0.0909. The van der Waals surface area contributed by atoms with E-state index < -0.39 is 0 Å². The topological polar surface area (TPSA) is 54.4 Å². The Bertz CT molecular complexity index is 444. The van der Waals surface area contributed by atoms with Crippen LogP contribution in [0.1, 0.15) is 26.3 Å². The molecule has 0 radical (unpaired) electrons. The maximum absolute atomic E-state index is 11.5. The van der Waals surface area contributed by atoms with Gasteiger partial charge in [-0.1, -0.05) is 18.2 Å². The number of carbonyl (C=O) groups excluding carboxylic acids is 2. The molecule has 1 aromatic carbocycles. The van der Waals surface area contributed by atoms with Gasteiger partial charge in [-0.15, -0.1) is 0 Å². The van der Waals surface area contributed by atoms with Crippen molar-refractivity contribution in [2.45, 2.75) is 6.61 Å². The molecule has 1 aliphatic rings. The van der Waals surface area contributed by atoms with Crippen molar-refractivity contribution in [3.05, 3.63) is 47.0 Å². The van der Waals surface area contributed by atoms with Crippen molar-refractivity contribution in [3.63, 3.8) is 0 Å². The van der Waals surface area contributed by atoms with E-state index in [0.717, 1.165) is 0 Å². The summed E-state index contributed by atoms with van der Waals surface area (Å²) in [5.74, 6) is -0.404. The van der Waals surface area contributed by atoms with Gasteiger partial charge >= 0.3 is 0 Å². The normalized spacial score (nSPS) is 14.4. The lowest BCUT2D eigenvalue weighted by atomic mass is 9.91. The molecule has 0 amide bonds. The Morgan fingerprint density at radius 3 is 2.50 bits per heavy atom. The number of fused-ring (bicyclic) bond motifs is 1. The van der Waals surface area contributed by atoms with Gasteiger partial charge in [0, 0.05) is 11.1 Å². The van der Waals surface area contributed by atoms with Gasteiger partial charge in [0.05, 0.1) is 6.61 Å². The first-order valence-corrected chi connectivity index (χ1v) is 4.23. The molecule has 0 saturated heterocycles. The molecule has 0 fully saturated rings. The number of hydrogen-bond acceptors (Lipinski definition) is 3. The van der Waals surface area contributed by atoms with Crippen LogP contribution in [0.15, 0.2) is 30.4 Å². The highest BCUT2D eigenvalue weighted by Crippen LogP contribution is 2.20. The summed E-state index contributed by atoms with van der Waals surface area (Å²) in [5, 5.41) is 9.01. The lowest BCUT2D eigenvalue weighted by molar-refractivity contribution is 0.0992. The van der Waals surface area contributed by atoms with Crippen LogP contribution in [0.2, 0.25) is 0 Å².